The van der Waals surface area contributed by atoms with Crippen molar-refractivity contribution < 1.29 is 14.0 Å². The predicted molar refractivity (Wildman–Crippen MR) is 110 cm³/mol. The van der Waals surface area contributed by atoms with E-state index in [4.69, 9.17) is 4.42 Å². The van der Waals surface area contributed by atoms with Crippen molar-refractivity contribution in [2.45, 2.75) is 40.2 Å². The van der Waals surface area contributed by atoms with Gasteiger partial charge in [-0.25, -0.2) is 4.98 Å². The summed E-state index contributed by atoms with van der Waals surface area (Å²) in [5.74, 6) is 1.08. The number of anilines is 1. The number of amides is 2. The highest BCUT2D eigenvalue weighted by Crippen LogP contribution is 2.26. The van der Waals surface area contributed by atoms with Crippen molar-refractivity contribution in [1.29, 1.82) is 0 Å². The minimum Gasteiger partial charge on any atom is -0.458 e. The molecule has 0 aliphatic rings. The molecule has 146 valence electrons. The molecule has 0 saturated heterocycles. The number of aromatic nitrogens is 1. The first-order valence-electron chi connectivity index (χ1n) is 9.06. The Morgan fingerprint density at radius 2 is 2.00 bits per heavy atom. The van der Waals surface area contributed by atoms with Gasteiger partial charge in [0.25, 0.3) is 0 Å². The van der Waals surface area contributed by atoms with Crippen molar-refractivity contribution in [1.82, 2.24) is 10.3 Å². The fraction of sp³-hybridized carbons (Fsp3) is 0.286. The summed E-state index contributed by atoms with van der Waals surface area (Å²) < 4.78 is 5.68. The van der Waals surface area contributed by atoms with Crippen LogP contribution in [0.1, 0.15) is 35.8 Å². The quantitative estimate of drug-likeness (QED) is 0.625. The van der Waals surface area contributed by atoms with Gasteiger partial charge in [-0.05, 0) is 43.5 Å². The molecule has 2 heterocycles. The molecule has 0 radical (unpaired) electrons. The zero-order valence-electron chi connectivity index (χ0n) is 16.2. The zero-order valence-corrected chi connectivity index (χ0v) is 17.0. The molecule has 0 atom stereocenters. The topological polar surface area (TPSA) is 84.2 Å². The zero-order chi connectivity index (χ0) is 20.1. The number of nitrogens with one attached hydrogen (secondary N) is 2. The molecule has 2 aromatic heterocycles. The van der Waals surface area contributed by atoms with E-state index < -0.39 is 0 Å². The van der Waals surface area contributed by atoms with Crippen molar-refractivity contribution >= 4 is 28.3 Å². The van der Waals surface area contributed by atoms with Crippen molar-refractivity contribution in [3.8, 4) is 11.5 Å². The minimum absolute atomic E-state index is 0.0633. The lowest BCUT2D eigenvalue weighted by molar-refractivity contribution is -0.119. The fourth-order valence-corrected chi connectivity index (χ4v) is 3.54. The molecule has 7 heteroatoms. The molecule has 0 saturated carbocycles. The maximum atomic E-state index is 12.3. The number of carbonyl (C=O) groups excluding carboxylic acids is 2. The Balaban J connectivity index is 1.55. The standard InChI is InChI=1S/C21H23N3O3S/c1-13-4-5-16(14(2)10-13)6-9-20(26)24-21-23-18(12-28-21)19-8-7-17(27-19)11-22-15(3)25/h4-5,7-8,10,12H,6,9,11H2,1-3H3,(H,22,25)(H,23,24,26). The number of carbonyl (C=O) groups is 2. The molecule has 1 aromatic carbocycles. The first-order chi connectivity index (χ1) is 13.4. The largest absolute Gasteiger partial charge is 0.458 e. The summed E-state index contributed by atoms with van der Waals surface area (Å²) in [4.78, 5) is 27.6. The number of nitrogens with zero attached hydrogens (tertiary/aromatic N) is 1. The molecule has 0 bridgehead atoms. The van der Waals surface area contributed by atoms with E-state index in [2.05, 4.69) is 47.7 Å². The Hall–Kier alpha value is -2.93. The number of furan rings is 1. The second kappa shape index (κ2) is 8.84. The summed E-state index contributed by atoms with van der Waals surface area (Å²) in [6, 6.07) is 9.88. The highest BCUT2D eigenvalue weighted by atomic mass is 32.1. The first-order valence-corrected chi connectivity index (χ1v) is 9.93. The van der Waals surface area contributed by atoms with Gasteiger partial charge in [0, 0.05) is 18.7 Å². The first kappa shape index (κ1) is 19.8. The van der Waals surface area contributed by atoms with Crippen molar-refractivity contribution in [3.05, 3.63) is 58.2 Å². The number of benzene rings is 1. The lowest BCUT2D eigenvalue weighted by atomic mass is 10.0. The van der Waals surface area contributed by atoms with Gasteiger partial charge in [-0.15, -0.1) is 11.3 Å². The van der Waals surface area contributed by atoms with Gasteiger partial charge in [0.2, 0.25) is 11.8 Å². The van der Waals surface area contributed by atoms with Crippen LogP contribution in [0.15, 0.2) is 40.1 Å². The third-order valence-corrected chi connectivity index (χ3v) is 5.05. The Morgan fingerprint density at radius 1 is 1.18 bits per heavy atom. The van der Waals surface area contributed by atoms with E-state index in [9.17, 15) is 9.59 Å². The maximum Gasteiger partial charge on any atom is 0.226 e. The van der Waals surface area contributed by atoms with Crippen LogP contribution in [0.3, 0.4) is 0 Å². The van der Waals surface area contributed by atoms with Crippen LogP contribution in [-0.2, 0) is 22.6 Å². The van der Waals surface area contributed by atoms with Gasteiger partial charge in [0.05, 0.1) is 6.54 Å². The normalized spacial score (nSPS) is 10.7. The molecule has 0 aliphatic carbocycles. The predicted octanol–water partition coefficient (Wildman–Crippen LogP) is 4.23. The van der Waals surface area contributed by atoms with E-state index in [1.165, 1.54) is 35.0 Å². The van der Waals surface area contributed by atoms with Gasteiger partial charge in [-0.3, -0.25) is 9.59 Å². The summed E-state index contributed by atoms with van der Waals surface area (Å²) >= 11 is 1.35. The van der Waals surface area contributed by atoms with E-state index in [0.717, 1.165) is 0 Å². The molecule has 3 aromatic rings. The highest BCUT2D eigenvalue weighted by Gasteiger charge is 2.12. The number of aryl methyl sites for hydroxylation is 3. The Labute approximate surface area is 168 Å². The third-order valence-electron chi connectivity index (χ3n) is 4.30. The lowest BCUT2D eigenvalue weighted by Crippen LogP contribution is -2.18. The molecule has 2 N–H and O–H groups in total. The summed E-state index contributed by atoms with van der Waals surface area (Å²) in [5, 5.41) is 7.91. The number of rotatable bonds is 7. The van der Waals surface area contributed by atoms with E-state index >= 15 is 0 Å². The fourth-order valence-electron chi connectivity index (χ4n) is 2.82. The molecular formula is C21H23N3O3S. The molecule has 28 heavy (non-hydrogen) atoms. The van der Waals surface area contributed by atoms with Crippen LogP contribution in [0.2, 0.25) is 0 Å². The average Bonchev–Trinajstić information content (AvgIpc) is 3.28. The van der Waals surface area contributed by atoms with Crippen LogP contribution < -0.4 is 10.6 Å². The molecule has 6 nitrogen and oxygen atoms in total. The van der Waals surface area contributed by atoms with E-state index in [1.54, 1.807) is 12.1 Å². The van der Waals surface area contributed by atoms with Crippen LogP contribution in [0.5, 0.6) is 0 Å². The van der Waals surface area contributed by atoms with Crippen molar-refractivity contribution in [2.24, 2.45) is 0 Å². The van der Waals surface area contributed by atoms with Gasteiger partial charge in [0.15, 0.2) is 10.9 Å². The SMILES string of the molecule is CC(=O)NCc1ccc(-c2csc(NC(=O)CCc3ccc(C)cc3C)n2)o1. The lowest BCUT2D eigenvalue weighted by Gasteiger charge is -2.06. The van der Waals surface area contributed by atoms with Gasteiger partial charge >= 0.3 is 0 Å². The monoisotopic (exact) mass is 397 g/mol. The highest BCUT2D eigenvalue weighted by molar-refractivity contribution is 7.14. The van der Waals surface area contributed by atoms with Crippen LogP contribution in [0.25, 0.3) is 11.5 Å². The Kier molecular flexibility index (Phi) is 6.26. The van der Waals surface area contributed by atoms with Crippen molar-refractivity contribution in [2.75, 3.05) is 5.32 Å². The summed E-state index contributed by atoms with van der Waals surface area (Å²) in [6.45, 7) is 5.92. The summed E-state index contributed by atoms with van der Waals surface area (Å²) in [6.07, 6.45) is 1.10. The van der Waals surface area contributed by atoms with E-state index in [-0.39, 0.29) is 11.8 Å². The molecular weight excluding hydrogens is 374 g/mol. The molecule has 2 amide bonds. The second-order valence-electron chi connectivity index (χ2n) is 6.69. The van der Waals surface area contributed by atoms with Gasteiger partial charge in [-0.1, -0.05) is 23.8 Å². The number of hydrogen-bond acceptors (Lipinski definition) is 5. The smallest absolute Gasteiger partial charge is 0.226 e. The summed E-state index contributed by atoms with van der Waals surface area (Å²) in [5.41, 5.74) is 4.27. The number of hydrogen-bond donors (Lipinski definition) is 2. The van der Waals surface area contributed by atoms with E-state index in [0.29, 0.717) is 41.7 Å². The van der Waals surface area contributed by atoms with Gasteiger partial charge in [0.1, 0.15) is 11.5 Å². The number of thiazole rings is 1. The molecule has 0 aliphatic heterocycles. The van der Waals surface area contributed by atoms with Crippen LogP contribution >= 0.6 is 11.3 Å². The average molecular weight is 398 g/mol. The van der Waals surface area contributed by atoms with Crippen LogP contribution in [-0.4, -0.2) is 16.8 Å². The molecule has 0 unspecified atom stereocenters. The third kappa shape index (κ3) is 5.29. The summed E-state index contributed by atoms with van der Waals surface area (Å²) in [7, 11) is 0. The Bertz CT molecular complexity index is 990. The van der Waals surface area contributed by atoms with Crippen molar-refractivity contribution in [3.63, 3.8) is 0 Å². The minimum atomic E-state index is -0.113. The molecule has 0 fully saturated rings. The maximum absolute atomic E-state index is 12.3. The van der Waals surface area contributed by atoms with Crippen LogP contribution in [0.4, 0.5) is 5.13 Å². The second-order valence-corrected chi connectivity index (χ2v) is 7.55. The van der Waals surface area contributed by atoms with Crippen LogP contribution in [0, 0.1) is 13.8 Å². The molecule has 3 rings (SSSR count). The van der Waals surface area contributed by atoms with E-state index in [1.807, 2.05) is 5.38 Å². The Morgan fingerprint density at radius 3 is 2.75 bits per heavy atom. The van der Waals surface area contributed by atoms with Gasteiger partial charge in [-0.2, -0.15) is 0 Å². The molecule has 0 spiro atoms. The van der Waals surface area contributed by atoms with Gasteiger partial charge < -0.3 is 15.1 Å².